The molecule has 1 aliphatic heterocycles. The van der Waals surface area contributed by atoms with Crippen molar-refractivity contribution in [2.24, 2.45) is 0 Å². The van der Waals surface area contributed by atoms with Crippen LogP contribution in [0.5, 0.6) is 0 Å². The first-order valence-corrected chi connectivity index (χ1v) is 17.3. The summed E-state index contributed by atoms with van der Waals surface area (Å²) in [4.78, 5) is 11.9. The van der Waals surface area contributed by atoms with Crippen LogP contribution in [0.4, 0.5) is 4.39 Å². The lowest BCUT2D eigenvalue weighted by molar-refractivity contribution is 0.0939. The second-order valence-corrected chi connectivity index (χ2v) is 15.0. The van der Waals surface area contributed by atoms with Gasteiger partial charge in [-0.3, -0.25) is 9.48 Å². The molecule has 4 aromatic rings. The number of aromatic nitrogens is 4. The molecule has 222 valence electrons. The van der Waals surface area contributed by atoms with Crippen LogP contribution in [0.25, 0.3) is 11.0 Å². The van der Waals surface area contributed by atoms with Gasteiger partial charge in [0, 0.05) is 38.0 Å². The van der Waals surface area contributed by atoms with Crippen molar-refractivity contribution in [2.45, 2.75) is 54.2 Å². The van der Waals surface area contributed by atoms with Gasteiger partial charge in [0.1, 0.15) is 27.4 Å². The molecule has 0 saturated heterocycles. The Kier molecular flexibility index (Phi) is 7.37. The lowest BCUT2D eigenvalue weighted by Gasteiger charge is -2.37. The van der Waals surface area contributed by atoms with Crippen molar-refractivity contribution in [2.75, 3.05) is 19.8 Å². The minimum absolute atomic E-state index is 0.0126. The van der Waals surface area contributed by atoms with Gasteiger partial charge in [-0.05, 0) is 55.2 Å². The maximum atomic E-state index is 14.7. The third-order valence-corrected chi connectivity index (χ3v) is 11.3. The predicted molar refractivity (Wildman–Crippen MR) is 153 cm³/mol. The van der Waals surface area contributed by atoms with Gasteiger partial charge in [0.2, 0.25) is 10.0 Å². The minimum atomic E-state index is -4.39. The van der Waals surface area contributed by atoms with E-state index in [-0.39, 0.29) is 42.4 Å². The largest absolute Gasteiger partial charge is 0.354 e. The fourth-order valence-corrected chi connectivity index (χ4v) is 8.15. The summed E-state index contributed by atoms with van der Waals surface area (Å²) in [6.45, 7) is 0.480. The molecule has 1 amide bonds. The highest BCUT2D eigenvalue weighted by Crippen LogP contribution is 2.36. The fraction of sp³-hybridized carbons (Fsp3) is 0.385. The average Bonchev–Trinajstić information content (AvgIpc) is 3.55. The van der Waals surface area contributed by atoms with Crippen LogP contribution in [0.3, 0.4) is 0 Å². The summed E-state index contributed by atoms with van der Waals surface area (Å²) in [5.74, 6) is -1.35. The summed E-state index contributed by atoms with van der Waals surface area (Å²) in [7, 11) is -6.61. The first-order valence-electron chi connectivity index (χ1n) is 13.2. The molecule has 1 saturated carbocycles. The minimum Gasteiger partial charge on any atom is -0.354 e. The normalized spacial score (nSPS) is 19.4. The number of carbonyl (C=O) groups excluding carboxylic acids is 1. The standard InChI is InChI=1S/C26H28FN7O5S3/c1-28-26(35)25-19-7-8-33(42(38,39)24-12-18(41(2,36)37)4-5-20(24)27)14-23(19)30-34(25)17-10-16(11-17)29-13-15-3-6-21-22(9-15)32-40-31-21/h3-6,9,12,16-17,29H,7-8,10-11,13-14H2,1-2H3,(H,28,35). The Morgan fingerprint density at radius 2 is 1.86 bits per heavy atom. The highest BCUT2D eigenvalue weighted by molar-refractivity contribution is 7.91. The molecule has 0 unspecified atom stereocenters. The highest BCUT2D eigenvalue weighted by Gasteiger charge is 2.39. The van der Waals surface area contributed by atoms with Gasteiger partial charge in [0.05, 0.1) is 34.9 Å². The molecule has 1 fully saturated rings. The Labute approximate surface area is 246 Å². The smallest absolute Gasteiger partial charge is 0.269 e. The Hall–Kier alpha value is -3.31. The number of hydrogen-bond donors (Lipinski definition) is 2. The Morgan fingerprint density at radius 1 is 1.10 bits per heavy atom. The van der Waals surface area contributed by atoms with Gasteiger partial charge in [-0.1, -0.05) is 6.07 Å². The van der Waals surface area contributed by atoms with E-state index in [1.807, 2.05) is 18.2 Å². The van der Waals surface area contributed by atoms with Gasteiger partial charge < -0.3 is 10.6 Å². The van der Waals surface area contributed by atoms with Gasteiger partial charge in [0.15, 0.2) is 9.84 Å². The molecule has 0 atom stereocenters. The maximum Gasteiger partial charge on any atom is 0.269 e. The zero-order valence-electron chi connectivity index (χ0n) is 22.7. The summed E-state index contributed by atoms with van der Waals surface area (Å²) in [6.07, 6.45) is 2.59. The zero-order valence-corrected chi connectivity index (χ0v) is 25.2. The topological polar surface area (TPSA) is 156 Å². The molecule has 2 aromatic carbocycles. The number of sulfonamides is 1. The molecular weight excluding hydrogens is 606 g/mol. The quantitative estimate of drug-likeness (QED) is 0.277. The molecular formula is C26H28FN7O5S3. The molecule has 1 aliphatic carbocycles. The van der Waals surface area contributed by atoms with Crippen molar-refractivity contribution in [3.8, 4) is 0 Å². The van der Waals surface area contributed by atoms with E-state index in [1.165, 1.54) is 18.8 Å². The molecule has 16 heteroatoms. The summed E-state index contributed by atoms with van der Waals surface area (Å²) < 4.78 is 76.7. The SMILES string of the molecule is CNC(=O)c1c2c(nn1C1CC(NCc3ccc4nsnc4c3)C1)CN(S(=O)(=O)c1cc(S(C)(=O)=O)ccc1F)CC2. The number of amides is 1. The zero-order chi connectivity index (χ0) is 29.8. The van der Waals surface area contributed by atoms with Crippen LogP contribution < -0.4 is 10.6 Å². The molecule has 2 aromatic heterocycles. The van der Waals surface area contributed by atoms with Crippen LogP contribution in [0.1, 0.15) is 46.2 Å². The van der Waals surface area contributed by atoms with Crippen LogP contribution in [-0.2, 0) is 39.4 Å². The van der Waals surface area contributed by atoms with Crippen molar-refractivity contribution in [1.82, 2.24) is 33.5 Å². The number of halogens is 1. The van der Waals surface area contributed by atoms with E-state index < -0.39 is 30.6 Å². The van der Waals surface area contributed by atoms with Crippen molar-refractivity contribution in [3.05, 3.63) is 64.7 Å². The van der Waals surface area contributed by atoms with E-state index in [9.17, 15) is 26.0 Å². The fourth-order valence-electron chi connectivity index (χ4n) is 5.42. The summed E-state index contributed by atoms with van der Waals surface area (Å²) in [6, 6.07) is 8.85. The van der Waals surface area contributed by atoms with Gasteiger partial charge >= 0.3 is 0 Å². The van der Waals surface area contributed by atoms with Crippen LogP contribution in [0.15, 0.2) is 46.2 Å². The van der Waals surface area contributed by atoms with Gasteiger partial charge in [0.25, 0.3) is 5.91 Å². The van der Waals surface area contributed by atoms with E-state index in [1.54, 1.807) is 4.68 Å². The molecule has 12 nitrogen and oxygen atoms in total. The highest BCUT2D eigenvalue weighted by atomic mass is 32.2. The van der Waals surface area contributed by atoms with Crippen LogP contribution >= 0.6 is 11.7 Å². The number of nitrogens with zero attached hydrogens (tertiary/aromatic N) is 5. The van der Waals surface area contributed by atoms with Gasteiger partial charge in [-0.15, -0.1) is 0 Å². The Balaban J connectivity index is 1.20. The average molecular weight is 634 g/mol. The molecule has 3 heterocycles. The molecule has 0 spiro atoms. The summed E-state index contributed by atoms with van der Waals surface area (Å²) >= 11 is 1.18. The predicted octanol–water partition coefficient (Wildman–Crippen LogP) is 2.03. The van der Waals surface area contributed by atoms with Crippen molar-refractivity contribution in [3.63, 3.8) is 0 Å². The third kappa shape index (κ3) is 5.21. The molecule has 0 bridgehead atoms. The molecule has 2 aliphatic rings. The molecule has 0 radical (unpaired) electrons. The second kappa shape index (κ2) is 10.8. The van der Waals surface area contributed by atoms with Crippen LogP contribution in [0, 0.1) is 5.82 Å². The second-order valence-electron chi connectivity index (χ2n) is 10.5. The van der Waals surface area contributed by atoms with Gasteiger partial charge in [-0.25, -0.2) is 21.2 Å². The number of sulfone groups is 1. The van der Waals surface area contributed by atoms with E-state index in [0.29, 0.717) is 23.5 Å². The number of fused-ring (bicyclic) bond motifs is 2. The van der Waals surface area contributed by atoms with Crippen molar-refractivity contribution < 1.29 is 26.0 Å². The van der Waals surface area contributed by atoms with Crippen LogP contribution in [0.2, 0.25) is 0 Å². The van der Waals surface area contributed by atoms with E-state index >= 15 is 0 Å². The number of rotatable bonds is 8. The molecule has 2 N–H and O–H groups in total. The van der Waals surface area contributed by atoms with E-state index in [2.05, 4.69) is 24.5 Å². The first-order chi connectivity index (χ1) is 20.0. The summed E-state index contributed by atoms with van der Waals surface area (Å²) in [5, 5.41) is 10.9. The number of carbonyl (C=O) groups is 1. The van der Waals surface area contributed by atoms with Crippen LogP contribution in [-0.4, -0.2) is 71.5 Å². The first kappa shape index (κ1) is 28.8. The monoisotopic (exact) mass is 633 g/mol. The lowest BCUT2D eigenvalue weighted by Crippen LogP contribution is -2.43. The Morgan fingerprint density at radius 3 is 2.60 bits per heavy atom. The molecule has 6 rings (SSSR count). The van der Waals surface area contributed by atoms with E-state index in [4.69, 9.17) is 0 Å². The third-order valence-electron chi connectivity index (χ3n) is 7.79. The van der Waals surface area contributed by atoms with E-state index in [0.717, 1.165) is 58.2 Å². The van der Waals surface area contributed by atoms with Crippen molar-refractivity contribution in [1.29, 1.82) is 0 Å². The number of hydrogen-bond acceptors (Lipinski definition) is 10. The maximum absolute atomic E-state index is 14.7. The number of nitrogens with one attached hydrogen (secondary N) is 2. The lowest BCUT2D eigenvalue weighted by atomic mass is 9.86. The number of benzene rings is 2. The summed E-state index contributed by atoms with van der Waals surface area (Å²) in [5.41, 5.74) is 4.32. The molecule has 42 heavy (non-hydrogen) atoms. The van der Waals surface area contributed by atoms with Crippen molar-refractivity contribution >= 4 is 48.5 Å². The Bertz CT molecular complexity index is 1920. The van der Waals surface area contributed by atoms with Gasteiger partial charge in [-0.2, -0.15) is 18.2 Å².